The molecule has 0 bridgehead atoms. The molecule has 0 atom stereocenters. The molecule has 6 N–H and O–H groups in total. The van der Waals surface area contributed by atoms with E-state index in [1.807, 2.05) is 6.92 Å². The van der Waals surface area contributed by atoms with Gasteiger partial charge in [-0.2, -0.15) is 0 Å². The maximum Gasteiger partial charge on any atom is 0.263 e. The van der Waals surface area contributed by atoms with Gasteiger partial charge in [0, 0.05) is 13.1 Å². The van der Waals surface area contributed by atoms with Gasteiger partial charge in [0.15, 0.2) is 0 Å². The van der Waals surface area contributed by atoms with Gasteiger partial charge in [-0.15, -0.1) is 17.9 Å². The first-order valence-corrected chi connectivity index (χ1v) is 6.19. The second kappa shape index (κ2) is 6.06. The van der Waals surface area contributed by atoms with Crippen LogP contribution in [0.5, 0.6) is 0 Å². The average molecular weight is 268 g/mol. The molecular weight excluding hydrogens is 252 g/mol. The van der Waals surface area contributed by atoms with Gasteiger partial charge >= 0.3 is 0 Å². The van der Waals surface area contributed by atoms with Gasteiger partial charge in [-0.25, -0.2) is 0 Å². The van der Waals surface area contributed by atoms with Crippen molar-refractivity contribution in [1.82, 2.24) is 5.32 Å². The summed E-state index contributed by atoms with van der Waals surface area (Å²) in [5, 5.41) is 6.09. The van der Waals surface area contributed by atoms with Crippen LogP contribution >= 0.6 is 11.3 Å². The number of nitrogens with two attached hydrogens (primary N) is 2. The van der Waals surface area contributed by atoms with E-state index in [1.165, 1.54) is 0 Å². The summed E-state index contributed by atoms with van der Waals surface area (Å²) in [5.41, 5.74) is 11.3. The highest BCUT2D eigenvalue weighted by Crippen LogP contribution is 2.35. The number of carbonyl (C=O) groups excluding carboxylic acids is 2. The minimum Gasteiger partial charge on any atom is -0.397 e. The number of hydrogen-bond acceptors (Lipinski definition) is 5. The summed E-state index contributed by atoms with van der Waals surface area (Å²) in [6.07, 6.45) is 1.56. The van der Waals surface area contributed by atoms with Crippen LogP contribution in [0.1, 0.15) is 27.0 Å². The number of nitrogens with one attached hydrogen (secondary N) is 2. The molecule has 0 spiro atoms. The van der Waals surface area contributed by atoms with Crippen molar-refractivity contribution >= 4 is 33.8 Å². The predicted octanol–water partition coefficient (Wildman–Crippen LogP) is 0.777. The lowest BCUT2D eigenvalue weighted by molar-refractivity contribution is 0.0962. The standard InChI is InChI=1S/C11H16N4O2S/c1-3-5-15-10(17)8-7(12)6(9(13)16)11(18-8)14-4-2/h3,14H,1,4-5,12H2,2H3,(H2,13,16)(H,15,17). The molecule has 7 heteroatoms. The highest BCUT2D eigenvalue weighted by atomic mass is 32.1. The summed E-state index contributed by atoms with van der Waals surface area (Å²) >= 11 is 1.11. The second-order valence-electron chi connectivity index (χ2n) is 3.44. The Bertz CT molecular complexity index is 482. The quantitative estimate of drug-likeness (QED) is 0.571. The molecule has 18 heavy (non-hydrogen) atoms. The van der Waals surface area contributed by atoms with Crippen LogP contribution in [0, 0.1) is 0 Å². The van der Waals surface area contributed by atoms with Crippen molar-refractivity contribution in [2.75, 3.05) is 24.1 Å². The van der Waals surface area contributed by atoms with E-state index in [-0.39, 0.29) is 22.0 Å². The zero-order valence-electron chi connectivity index (χ0n) is 10.1. The van der Waals surface area contributed by atoms with Gasteiger partial charge in [-0.1, -0.05) is 6.08 Å². The molecule has 0 saturated heterocycles. The van der Waals surface area contributed by atoms with Crippen LogP contribution in [0.3, 0.4) is 0 Å². The number of primary amides is 1. The monoisotopic (exact) mass is 268 g/mol. The van der Waals surface area contributed by atoms with Crippen molar-refractivity contribution in [2.24, 2.45) is 5.73 Å². The summed E-state index contributed by atoms with van der Waals surface area (Å²) in [7, 11) is 0. The van der Waals surface area contributed by atoms with Crippen LogP contribution in [0.4, 0.5) is 10.7 Å². The molecule has 1 aromatic rings. The smallest absolute Gasteiger partial charge is 0.263 e. The molecule has 1 rings (SSSR count). The fraction of sp³-hybridized carbons (Fsp3) is 0.273. The summed E-state index contributed by atoms with van der Waals surface area (Å²) in [6, 6.07) is 0. The van der Waals surface area contributed by atoms with Gasteiger partial charge in [0.05, 0.1) is 11.3 Å². The Morgan fingerprint density at radius 2 is 2.17 bits per heavy atom. The Morgan fingerprint density at radius 1 is 1.50 bits per heavy atom. The van der Waals surface area contributed by atoms with Gasteiger partial charge in [0.1, 0.15) is 9.88 Å². The Balaban J connectivity index is 3.13. The van der Waals surface area contributed by atoms with Gasteiger partial charge in [0.25, 0.3) is 11.8 Å². The molecule has 0 unspecified atom stereocenters. The Hall–Kier alpha value is -2.02. The summed E-state index contributed by atoms with van der Waals surface area (Å²) in [4.78, 5) is 23.4. The van der Waals surface area contributed by atoms with Gasteiger partial charge < -0.3 is 22.1 Å². The van der Waals surface area contributed by atoms with Crippen LogP contribution in [-0.4, -0.2) is 24.9 Å². The molecule has 0 fully saturated rings. The van der Waals surface area contributed by atoms with Crippen molar-refractivity contribution in [3.63, 3.8) is 0 Å². The largest absolute Gasteiger partial charge is 0.397 e. The molecule has 0 radical (unpaired) electrons. The van der Waals surface area contributed by atoms with E-state index in [2.05, 4.69) is 17.2 Å². The molecule has 0 saturated carbocycles. The zero-order chi connectivity index (χ0) is 13.7. The summed E-state index contributed by atoms with van der Waals surface area (Å²) in [5.74, 6) is -0.994. The van der Waals surface area contributed by atoms with E-state index in [9.17, 15) is 9.59 Å². The maximum atomic E-state index is 11.8. The van der Waals surface area contributed by atoms with E-state index >= 15 is 0 Å². The lowest BCUT2D eigenvalue weighted by Crippen LogP contribution is -2.23. The zero-order valence-corrected chi connectivity index (χ0v) is 10.9. The Kier molecular flexibility index (Phi) is 4.73. The molecule has 1 heterocycles. The van der Waals surface area contributed by atoms with Gasteiger partial charge in [0.2, 0.25) is 0 Å². The number of carbonyl (C=O) groups is 2. The minimum atomic E-state index is -0.650. The van der Waals surface area contributed by atoms with E-state index < -0.39 is 5.91 Å². The maximum absolute atomic E-state index is 11.8. The van der Waals surface area contributed by atoms with Crippen molar-refractivity contribution in [3.8, 4) is 0 Å². The second-order valence-corrected chi connectivity index (χ2v) is 4.46. The summed E-state index contributed by atoms with van der Waals surface area (Å²) in [6.45, 7) is 6.31. The normalized spacial score (nSPS) is 9.83. The van der Waals surface area contributed by atoms with Crippen LogP contribution in [0.15, 0.2) is 12.7 Å². The molecule has 0 aliphatic carbocycles. The number of nitrogen functional groups attached to an aromatic ring is 1. The number of hydrogen-bond donors (Lipinski definition) is 4. The minimum absolute atomic E-state index is 0.116. The lowest BCUT2D eigenvalue weighted by Gasteiger charge is -2.01. The van der Waals surface area contributed by atoms with Gasteiger partial charge in [-0.3, -0.25) is 9.59 Å². The molecule has 0 aliphatic rings. The van der Waals surface area contributed by atoms with Crippen LogP contribution in [0.2, 0.25) is 0 Å². The molecule has 0 aliphatic heterocycles. The van der Waals surface area contributed by atoms with Crippen LogP contribution in [-0.2, 0) is 0 Å². The van der Waals surface area contributed by atoms with Crippen LogP contribution in [0.25, 0.3) is 0 Å². The van der Waals surface area contributed by atoms with Gasteiger partial charge in [-0.05, 0) is 6.92 Å². The number of thiophene rings is 1. The lowest BCUT2D eigenvalue weighted by atomic mass is 10.2. The molecule has 6 nitrogen and oxygen atoms in total. The average Bonchev–Trinajstić information content (AvgIpc) is 2.64. The molecule has 2 amide bonds. The third-order valence-electron chi connectivity index (χ3n) is 2.14. The van der Waals surface area contributed by atoms with Crippen LogP contribution < -0.4 is 22.1 Å². The predicted molar refractivity (Wildman–Crippen MR) is 73.9 cm³/mol. The molecule has 0 aromatic carbocycles. The summed E-state index contributed by atoms with van der Waals surface area (Å²) < 4.78 is 0. The number of rotatable bonds is 6. The van der Waals surface area contributed by atoms with E-state index in [4.69, 9.17) is 11.5 Å². The molecule has 1 aromatic heterocycles. The highest BCUT2D eigenvalue weighted by molar-refractivity contribution is 7.19. The van der Waals surface area contributed by atoms with E-state index in [0.29, 0.717) is 18.1 Å². The third kappa shape index (κ3) is 2.80. The topological polar surface area (TPSA) is 110 Å². The molecular formula is C11H16N4O2S. The van der Waals surface area contributed by atoms with E-state index in [0.717, 1.165) is 11.3 Å². The fourth-order valence-electron chi connectivity index (χ4n) is 1.39. The Morgan fingerprint density at radius 3 is 2.67 bits per heavy atom. The fourth-order valence-corrected chi connectivity index (χ4v) is 2.50. The first-order valence-electron chi connectivity index (χ1n) is 5.37. The third-order valence-corrected chi connectivity index (χ3v) is 3.30. The molecule has 98 valence electrons. The van der Waals surface area contributed by atoms with Crippen molar-refractivity contribution in [3.05, 3.63) is 23.1 Å². The highest BCUT2D eigenvalue weighted by Gasteiger charge is 2.23. The van der Waals surface area contributed by atoms with Crippen molar-refractivity contribution in [1.29, 1.82) is 0 Å². The van der Waals surface area contributed by atoms with Crippen molar-refractivity contribution < 1.29 is 9.59 Å². The SMILES string of the molecule is C=CCNC(=O)c1sc(NCC)c(C(N)=O)c1N. The first kappa shape index (κ1) is 14.0. The number of amides is 2. The van der Waals surface area contributed by atoms with E-state index in [1.54, 1.807) is 6.08 Å². The number of anilines is 2. The van der Waals surface area contributed by atoms with Crippen molar-refractivity contribution in [2.45, 2.75) is 6.92 Å². The first-order chi connectivity index (χ1) is 8.52. The Labute approximate surface area is 109 Å².